The highest BCUT2D eigenvalue weighted by Crippen LogP contribution is 2.53. The van der Waals surface area contributed by atoms with Gasteiger partial charge in [-0.15, -0.1) is 6.58 Å². The second-order valence-corrected chi connectivity index (χ2v) is 14.2. The van der Waals surface area contributed by atoms with Gasteiger partial charge in [0.1, 0.15) is 0 Å². The van der Waals surface area contributed by atoms with Gasteiger partial charge >= 0.3 is 0 Å². The number of allylic oxidation sites excluding steroid dienone is 1. The van der Waals surface area contributed by atoms with Crippen molar-refractivity contribution in [1.82, 2.24) is 0 Å². The van der Waals surface area contributed by atoms with Gasteiger partial charge in [0, 0.05) is 11.0 Å². The second-order valence-electron chi connectivity index (χ2n) is 14.2. The van der Waals surface area contributed by atoms with Gasteiger partial charge in [0.05, 0.1) is 17.1 Å². The topological polar surface area (TPSA) is 12.5 Å². The maximum absolute atomic E-state index is 6.37. The van der Waals surface area contributed by atoms with Crippen LogP contribution in [0.3, 0.4) is 0 Å². The van der Waals surface area contributed by atoms with E-state index in [-0.39, 0.29) is 5.41 Å². The molecule has 242 valence electrons. The lowest BCUT2D eigenvalue weighted by Gasteiger charge is -2.34. The fraction of sp³-hybridized carbons (Fsp3) is 0.0612. The Morgan fingerprint density at radius 2 is 0.941 bits per heavy atom. The van der Waals surface area contributed by atoms with Crippen molar-refractivity contribution in [1.29, 1.82) is 0 Å². The number of benzene rings is 9. The van der Waals surface area contributed by atoms with Crippen molar-refractivity contribution >= 4 is 60.2 Å². The zero-order valence-electron chi connectivity index (χ0n) is 28.7. The minimum Gasteiger partial charge on any atom is -0.453 e. The predicted molar refractivity (Wildman–Crippen MR) is 217 cm³/mol. The molecular weight excluding hydrogens is 619 g/mol. The first-order chi connectivity index (χ1) is 25.0. The molecule has 2 heteroatoms. The number of anilines is 3. The summed E-state index contributed by atoms with van der Waals surface area (Å²) in [6, 6.07) is 57.3. The molecule has 0 fully saturated rings. The minimum atomic E-state index is -0.0720. The van der Waals surface area contributed by atoms with Gasteiger partial charge in [-0.05, 0) is 95.7 Å². The first-order valence-electron chi connectivity index (χ1n) is 17.6. The Morgan fingerprint density at radius 1 is 0.451 bits per heavy atom. The van der Waals surface area contributed by atoms with Crippen LogP contribution in [0.1, 0.15) is 19.4 Å². The molecule has 0 N–H and O–H groups in total. The Bertz CT molecular complexity index is 2760. The third-order valence-electron chi connectivity index (χ3n) is 11.0. The third-order valence-corrected chi connectivity index (χ3v) is 11.0. The van der Waals surface area contributed by atoms with Crippen molar-refractivity contribution in [3.63, 3.8) is 0 Å². The minimum absolute atomic E-state index is 0.0720. The molecule has 0 spiro atoms. The van der Waals surface area contributed by atoms with Crippen LogP contribution in [0.25, 0.3) is 65.3 Å². The van der Waals surface area contributed by atoms with E-state index >= 15 is 0 Å². The van der Waals surface area contributed by atoms with Gasteiger partial charge in [-0.2, -0.15) is 0 Å². The molecule has 51 heavy (non-hydrogen) atoms. The molecular formula is C49H35NO. The van der Waals surface area contributed by atoms with Crippen LogP contribution in [-0.4, -0.2) is 0 Å². The Kier molecular flexibility index (Phi) is 6.41. The molecule has 0 aliphatic carbocycles. The number of hydrogen-bond donors (Lipinski definition) is 0. The number of rotatable bonds is 5. The molecule has 0 amide bonds. The number of ether oxygens (including phenoxy) is 1. The zero-order valence-corrected chi connectivity index (χ0v) is 28.7. The van der Waals surface area contributed by atoms with Crippen LogP contribution in [0.5, 0.6) is 11.5 Å². The van der Waals surface area contributed by atoms with E-state index in [4.69, 9.17) is 4.74 Å². The number of fused-ring (bicyclic) bond motifs is 4. The second kappa shape index (κ2) is 11.1. The van der Waals surface area contributed by atoms with Crippen LogP contribution in [0.2, 0.25) is 0 Å². The third kappa shape index (κ3) is 4.36. The molecule has 0 unspecified atom stereocenters. The smallest absolute Gasteiger partial charge is 0.151 e. The van der Waals surface area contributed by atoms with Crippen LogP contribution in [0.4, 0.5) is 17.1 Å². The maximum atomic E-state index is 6.37. The number of nitrogens with zero attached hydrogens (tertiary/aromatic N) is 1. The summed E-state index contributed by atoms with van der Waals surface area (Å²) in [5.41, 5.74) is 9.24. The average Bonchev–Trinajstić information content (AvgIpc) is 3.18. The molecule has 9 aromatic carbocycles. The standard InChI is InChI=1S/C49H35NO/c1-4-49(2,3)32-25-23-31(24-26-32)33-27-29-40-41-30-28-34(37-15-12-17-39(48(37)41)38-16-11-14-36(33)47(38)40)35-13-5-6-18-42(35)50-43-19-7-9-21-45(43)51-46-22-10-8-20-44(46)50/h4-30H,1H2,2-3H3. The molecule has 9 aromatic rings. The Hall–Kier alpha value is -6.38. The average molecular weight is 654 g/mol. The molecule has 1 heterocycles. The number of hydrogen-bond acceptors (Lipinski definition) is 2. The molecule has 10 rings (SSSR count). The molecule has 0 bridgehead atoms. The van der Waals surface area contributed by atoms with E-state index in [2.05, 4.69) is 159 Å². The summed E-state index contributed by atoms with van der Waals surface area (Å²) in [6.07, 6.45) is 2.02. The van der Waals surface area contributed by atoms with E-state index in [1.165, 1.54) is 70.9 Å². The van der Waals surface area contributed by atoms with Crippen LogP contribution in [0, 0.1) is 0 Å². The highest BCUT2D eigenvalue weighted by atomic mass is 16.5. The van der Waals surface area contributed by atoms with Gasteiger partial charge in [0.2, 0.25) is 0 Å². The zero-order chi connectivity index (χ0) is 34.3. The van der Waals surface area contributed by atoms with Crippen LogP contribution in [0.15, 0.2) is 170 Å². The van der Waals surface area contributed by atoms with Crippen molar-refractivity contribution < 1.29 is 4.74 Å². The van der Waals surface area contributed by atoms with Crippen LogP contribution < -0.4 is 9.64 Å². The van der Waals surface area contributed by atoms with E-state index in [0.717, 1.165) is 28.6 Å². The van der Waals surface area contributed by atoms with E-state index in [0.29, 0.717) is 0 Å². The summed E-state index contributed by atoms with van der Waals surface area (Å²) < 4.78 is 6.37. The lowest BCUT2D eigenvalue weighted by atomic mass is 9.83. The van der Waals surface area contributed by atoms with E-state index in [9.17, 15) is 0 Å². The molecule has 0 aromatic heterocycles. The SMILES string of the molecule is C=CC(C)(C)c1ccc(-c2ccc3c4ccc(-c5ccccc5N5c6ccccc6Oc6ccccc65)c5cccc(c6cccc2c63)c54)cc1. The van der Waals surface area contributed by atoms with Crippen molar-refractivity contribution in [2.75, 3.05) is 4.90 Å². The fourth-order valence-corrected chi connectivity index (χ4v) is 8.26. The summed E-state index contributed by atoms with van der Waals surface area (Å²) >= 11 is 0. The molecule has 0 radical (unpaired) electrons. The van der Waals surface area contributed by atoms with E-state index in [1.54, 1.807) is 0 Å². The van der Waals surface area contributed by atoms with Gasteiger partial charge in [0.25, 0.3) is 0 Å². The van der Waals surface area contributed by atoms with Crippen molar-refractivity contribution in [3.8, 4) is 33.8 Å². The van der Waals surface area contributed by atoms with Gasteiger partial charge in [0.15, 0.2) is 11.5 Å². The van der Waals surface area contributed by atoms with Gasteiger partial charge in [-0.1, -0.05) is 147 Å². The van der Waals surface area contributed by atoms with Crippen molar-refractivity contribution in [2.45, 2.75) is 19.3 Å². The predicted octanol–water partition coefficient (Wildman–Crippen LogP) is 14.1. The molecule has 0 saturated carbocycles. The summed E-state index contributed by atoms with van der Waals surface area (Å²) in [5, 5.41) is 10.3. The first kappa shape index (κ1) is 29.5. The van der Waals surface area contributed by atoms with Gasteiger partial charge in [-0.3, -0.25) is 0 Å². The summed E-state index contributed by atoms with van der Waals surface area (Å²) in [5.74, 6) is 1.70. The van der Waals surface area contributed by atoms with Crippen LogP contribution >= 0.6 is 0 Å². The Balaban J connectivity index is 1.19. The molecule has 1 aliphatic heterocycles. The molecule has 0 atom stereocenters. The molecule has 0 saturated heterocycles. The summed E-state index contributed by atoms with van der Waals surface area (Å²) in [7, 11) is 0. The molecule has 2 nitrogen and oxygen atoms in total. The summed E-state index contributed by atoms with van der Waals surface area (Å²) in [4.78, 5) is 2.35. The van der Waals surface area contributed by atoms with Crippen LogP contribution in [-0.2, 0) is 5.41 Å². The first-order valence-corrected chi connectivity index (χ1v) is 17.6. The van der Waals surface area contributed by atoms with E-state index in [1.807, 2.05) is 30.3 Å². The lowest BCUT2D eigenvalue weighted by Crippen LogP contribution is -2.16. The largest absolute Gasteiger partial charge is 0.453 e. The highest BCUT2D eigenvalue weighted by molar-refractivity contribution is 6.35. The maximum Gasteiger partial charge on any atom is 0.151 e. The molecule has 1 aliphatic rings. The lowest BCUT2D eigenvalue weighted by molar-refractivity contribution is 0.477. The highest BCUT2D eigenvalue weighted by Gasteiger charge is 2.28. The van der Waals surface area contributed by atoms with Gasteiger partial charge in [-0.25, -0.2) is 0 Å². The monoisotopic (exact) mass is 653 g/mol. The van der Waals surface area contributed by atoms with Crippen molar-refractivity contribution in [3.05, 3.63) is 176 Å². The summed E-state index contributed by atoms with van der Waals surface area (Å²) in [6.45, 7) is 8.47. The van der Waals surface area contributed by atoms with Crippen molar-refractivity contribution in [2.24, 2.45) is 0 Å². The van der Waals surface area contributed by atoms with E-state index < -0.39 is 0 Å². The quantitative estimate of drug-likeness (QED) is 0.104. The Morgan fingerprint density at radius 3 is 1.55 bits per heavy atom. The van der Waals surface area contributed by atoms with Gasteiger partial charge < -0.3 is 9.64 Å². The normalized spacial score (nSPS) is 12.7. The Labute approximate surface area is 297 Å². The number of para-hydroxylation sites is 5. The fourth-order valence-electron chi connectivity index (χ4n) is 8.26.